The van der Waals surface area contributed by atoms with E-state index in [-0.39, 0.29) is 17.8 Å². The zero-order valence-electron chi connectivity index (χ0n) is 15.1. The summed E-state index contributed by atoms with van der Waals surface area (Å²) in [6.45, 7) is 4.39. The van der Waals surface area contributed by atoms with E-state index in [9.17, 15) is 14.4 Å². The molecule has 140 valence electrons. The van der Waals surface area contributed by atoms with Crippen molar-refractivity contribution < 1.29 is 14.4 Å². The van der Waals surface area contributed by atoms with Gasteiger partial charge in [0.1, 0.15) is 0 Å². The predicted octanol–water partition coefficient (Wildman–Crippen LogP) is 2.33. The standard InChI is InChI=1S/C19H25N3O3S/c1-14-4-2-3-5-15(14)16-6-9-21(12-13-26-16)18(24)8-11-22-10-7-17(23)20-19(22)25/h2-5,16H,6-13H2,1H3,(H,20,23,25). The molecule has 3 rings (SSSR count). The van der Waals surface area contributed by atoms with Crippen molar-refractivity contribution in [1.29, 1.82) is 0 Å². The average molecular weight is 375 g/mol. The molecule has 2 aliphatic rings. The van der Waals surface area contributed by atoms with Crippen LogP contribution in [0.4, 0.5) is 4.79 Å². The molecule has 0 aliphatic carbocycles. The molecule has 2 heterocycles. The second-order valence-corrected chi connectivity index (χ2v) is 8.04. The van der Waals surface area contributed by atoms with Gasteiger partial charge in [-0.15, -0.1) is 0 Å². The summed E-state index contributed by atoms with van der Waals surface area (Å²) in [4.78, 5) is 38.9. The number of rotatable bonds is 4. The number of nitrogens with one attached hydrogen (secondary N) is 1. The van der Waals surface area contributed by atoms with Gasteiger partial charge in [0.2, 0.25) is 11.8 Å². The number of aryl methyl sites for hydroxylation is 1. The summed E-state index contributed by atoms with van der Waals surface area (Å²) < 4.78 is 0. The van der Waals surface area contributed by atoms with Crippen molar-refractivity contribution in [3.05, 3.63) is 35.4 Å². The van der Waals surface area contributed by atoms with Crippen LogP contribution in [0.15, 0.2) is 24.3 Å². The van der Waals surface area contributed by atoms with Crippen molar-refractivity contribution in [3.8, 4) is 0 Å². The molecule has 6 nitrogen and oxygen atoms in total. The number of amides is 4. The van der Waals surface area contributed by atoms with Gasteiger partial charge in [-0.05, 0) is 24.5 Å². The minimum absolute atomic E-state index is 0.0840. The smallest absolute Gasteiger partial charge is 0.324 e. The molecule has 1 aromatic carbocycles. The van der Waals surface area contributed by atoms with Crippen LogP contribution in [0.3, 0.4) is 0 Å². The molecule has 0 aromatic heterocycles. The number of imide groups is 1. The largest absolute Gasteiger partial charge is 0.342 e. The van der Waals surface area contributed by atoms with Crippen LogP contribution in [-0.4, -0.2) is 59.6 Å². The Morgan fingerprint density at radius 3 is 2.81 bits per heavy atom. The Morgan fingerprint density at radius 2 is 2.04 bits per heavy atom. The van der Waals surface area contributed by atoms with E-state index in [1.807, 2.05) is 16.7 Å². The highest BCUT2D eigenvalue weighted by molar-refractivity contribution is 7.99. The van der Waals surface area contributed by atoms with Crippen molar-refractivity contribution in [2.45, 2.75) is 31.4 Å². The maximum absolute atomic E-state index is 12.6. The Balaban J connectivity index is 1.51. The zero-order chi connectivity index (χ0) is 18.5. The first kappa shape index (κ1) is 18.8. The quantitative estimate of drug-likeness (QED) is 0.877. The van der Waals surface area contributed by atoms with E-state index in [0.29, 0.717) is 31.2 Å². The summed E-state index contributed by atoms with van der Waals surface area (Å²) in [7, 11) is 0. The molecular formula is C19H25N3O3S. The summed E-state index contributed by atoms with van der Waals surface area (Å²) in [6, 6.07) is 8.06. The fraction of sp³-hybridized carbons (Fsp3) is 0.526. The van der Waals surface area contributed by atoms with Gasteiger partial charge in [-0.3, -0.25) is 14.9 Å². The lowest BCUT2D eigenvalue weighted by atomic mass is 10.0. The van der Waals surface area contributed by atoms with E-state index in [1.165, 1.54) is 11.1 Å². The van der Waals surface area contributed by atoms with E-state index in [2.05, 4.69) is 36.5 Å². The number of benzene rings is 1. The third-order valence-corrected chi connectivity index (χ3v) is 6.28. The molecule has 0 spiro atoms. The molecule has 0 radical (unpaired) electrons. The lowest BCUT2D eigenvalue weighted by Crippen LogP contribution is -2.50. The van der Waals surface area contributed by atoms with Gasteiger partial charge in [-0.2, -0.15) is 11.8 Å². The molecule has 2 fully saturated rings. The highest BCUT2D eigenvalue weighted by atomic mass is 32.2. The van der Waals surface area contributed by atoms with Crippen LogP contribution in [0, 0.1) is 6.92 Å². The van der Waals surface area contributed by atoms with Crippen LogP contribution >= 0.6 is 11.8 Å². The topological polar surface area (TPSA) is 69.7 Å². The van der Waals surface area contributed by atoms with Gasteiger partial charge in [-0.1, -0.05) is 24.3 Å². The van der Waals surface area contributed by atoms with Crippen molar-refractivity contribution in [2.24, 2.45) is 0 Å². The summed E-state index contributed by atoms with van der Waals surface area (Å²) in [5.74, 6) is 0.758. The monoisotopic (exact) mass is 375 g/mol. The molecule has 4 amide bonds. The van der Waals surface area contributed by atoms with Gasteiger partial charge in [0.05, 0.1) is 0 Å². The Hall–Kier alpha value is -2.02. The van der Waals surface area contributed by atoms with Gasteiger partial charge >= 0.3 is 6.03 Å². The first-order valence-corrected chi connectivity index (χ1v) is 10.1. The molecule has 2 saturated heterocycles. The molecule has 1 aromatic rings. The van der Waals surface area contributed by atoms with E-state index in [1.54, 1.807) is 4.90 Å². The minimum Gasteiger partial charge on any atom is -0.342 e. The molecule has 0 saturated carbocycles. The van der Waals surface area contributed by atoms with Gasteiger partial charge in [-0.25, -0.2) is 4.79 Å². The van der Waals surface area contributed by atoms with Crippen LogP contribution < -0.4 is 5.32 Å². The lowest BCUT2D eigenvalue weighted by Gasteiger charge is -2.27. The van der Waals surface area contributed by atoms with Crippen LogP contribution in [0.2, 0.25) is 0 Å². The molecule has 1 unspecified atom stereocenters. The van der Waals surface area contributed by atoms with Crippen LogP contribution in [0.5, 0.6) is 0 Å². The molecule has 26 heavy (non-hydrogen) atoms. The Morgan fingerprint density at radius 1 is 1.23 bits per heavy atom. The Kier molecular flexibility index (Phi) is 6.19. The molecule has 1 N–H and O–H groups in total. The summed E-state index contributed by atoms with van der Waals surface area (Å²) in [5.41, 5.74) is 2.66. The number of nitrogens with zero attached hydrogens (tertiary/aromatic N) is 2. The fourth-order valence-corrected chi connectivity index (χ4v) is 4.74. The highest BCUT2D eigenvalue weighted by Gasteiger charge is 2.26. The molecule has 7 heteroatoms. The van der Waals surface area contributed by atoms with Crippen LogP contribution in [0.1, 0.15) is 35.6 Å². The maximum Gasteiger partial charge on any atom is 0.324 e. The van der Waals surface area contributed by atoms with Gasteiger partial charge in [0.15, 0.2) is 0 Å². The molecule has 1 atom stereocenters. The van der Waals surface area contributed by atoms with Gasteiger partial charge in [0, 0.05) is 50.0 Å². The van der Waals surface area contributed by atoms with Crippen molar-refractivity contribution in [3.63, 3.8) is 0 Å². The summed E-state index contributed by atoms with van der Waals surface area (Å²) >= 11 is 1.91. The summed E-state index contributed by atoms with van der Waals surface area (Å²) in [5, 5.41) is 2.72. The first-order valence-electron chi connectivity index (χ1n) is 9.08. The van der Waals surface area contributed by atoms with Crippen molar-refractivity contribution in [1.82, 2.24) is 15.1 Å². The van der Waals surface area contributed by atoms with Crippen LogP contribution in [0.25, 0.3) is 0 Å². The van der Waals surface area contributed by atoms with Crippen molar-refractivity contribution >= 4 is 29.6 Å². The minimum atomic E-state index is -0.389. The van der Waals surface area contributed by atoms with Crippen molar-refractivity contribution in [2.75, 3.05) is 31.9 Å². The lowest BCUT2D eigenvalue weighted by molar-refractivity contribution is -0.131. The Labute approximate surface area is 158 Å². The zero-order valence-corrected chi connectivity index (χ0v) is 15.9. The normalized spacial score (nSPS) is 21.3. The summed E-state index contributed by atoms with van der Waals surface area (Å²) in [6.07, 6.45) is 1.56. The number of urea groups is 1. The second-order valence-electron chi connectivity index (χ2n) is 6.73. The first-order chi connectivity index (χ1) is 12.5. The number of carbonyl (C=O) groups excluding carboxylic acids is 3. The SMILES string of the molecule is Cc1ccccc1C1CCN(C(=O)CCN2CCC(=O)NC2=O)CCS1. The fourth-order valence-electron chi connectivity index (χ4n) is 3.42. The number of carbonyl (C=O) groups is 3. The third-order valence-electron chi connectivity index (χ3n) is 4.97. The predicted molar refractivity (Wildman–Crippen MR) is 102 cm³/mol. The third kappa shape index (κ3) is 4.58. The van der Waals surface area contributed by atoms with Gasteiger partial charge < -0.3 is 9.80 Å². The average Bonchev–Trinajstić information content (AvgIpc) is 2.87. The van der Waals surface area contributed by atoms with E-state index in [4.69, 9.17) is 0 Å². The number of hydrogen-bond donors (Lipinski definition) is 1. The number of thioether (sulfide) groups is 1. The second kappa shape index (κ2) is 8.58. The van der Waals surface area contributed by atoms with E-state index < -0.39 is 0 Å². The molecular weight excluding hydrogens is 350 g/mol. The molecule has 0 bridgehead atoms. The number of hydrogen-bond acceptors (Lipinski definition) is 4. The van der Waals surface area contributed by atoms with E-state index >= 15 is 0 Å². The van der Waals surface area contributed by atoms with Gasteiger partial charge in [0.25, 0.3) is 0 Å². The maximum atomic E-state index is 12.6. The van der Waals surface area contributed by atoms with E-state index in [0.717, 1.165) is 25.3 Å². The van der Waals surface area contributed by atoms with Crippen LogP contribution in [-0.2, 0) is 9.59 Å². The molecule has 2 aliphatic heterocycles. The Bertz CT molecular complexity index is 694. The highest BCUT2D eigenvalue weighted by Crippen LogP contribution is 2.35.